The molecule has 2 fully saturated rings. The molecule has 3 heterocycles. The van der Waals surface area contributed by atoms with E-state index >= 15 is 0 Å². The number of hydrogen-bond donors (Lipinski definition) is 0. The minimum absolute atomic E-state index is 0.206. The van der Waals surface area contributed by atoms with Gasteiger partial charge in [0.15, 0.2) is 5.82 Å². The van der Waals surface area contributed by atoms with Gasteiger partial charge in [-0.15, -0.1) is 0 Å². The minimum Gasteiger partial charge on any atom is -0.360 e. The molecule has 0 radical (unpaired) electrons. The Morgan fingerprint density at radius 3 is 2.69 bits per heavy atom. The fourth-order valence-electron chi connectivity index (χ4n) is 4.05. The molecule has 2 unspecified atom stereocenters. The van der Waals surface area contributed by atoms with Gasteiger partial charge in [-0.2, -0.15) is 24.5 Å². The first kappa shape index (κ1) is 17.9. The number of halogens is 3. The summed E-state index contributed by atoms with van der Waals surface area (Å²) in [5, 5.41) is 8.48. The van der Waals surface area contributed by atoms with Crippen LogP contribution in [-0.2, 0) is 0 Å². The lowest BCUT2D eigenvalue weighted by Gasteiger charge is -2.39. The van der Waals surface area contributed by atoms with E-state index in [4.69, 9.17) is 4.52 Å². The average molecular weight is 385 g/mol. The smallest absolute Gasteiger partial charge is 0.360 e. The summed E-state index contributed by atoms with van der Waals surface area (Å²) in [7, 11) is 0. The summed E-state index contributed by atoms with van der Waals surface area (Å²) in [5.74, 6) is 2.05. The highest BCUT2D eigenvalue weighted by atomic mass is 32.1. The van der Waals surface area contributed by atoms with Crippen molar-refractivity contribution in [1.29, 1.82) is 0 Å². The lowest BCUT2D eigenvalue weighted by atomic mass is 10.0. The predicted octanol–water partition coefficient (Wildman–Crippen LogP) is 4.43. The monoisotopic (exact) mass is 385 g/mol. The number of anilines is 1. The van der Waals surface area contributed by atoms with Crippen LogP contribution in [-0.4, -0.2) is 48.0 Å². The van der Waals surface area contributed by atoms with Crippen molar-refractivity contribution in [3.05, 3.63) is 34.2 Å². The van der Waals surface area contributed by atoms with Crippen LogP contribution in [0.2, 0.25) is 0 Å². The van der Waals surface area contributed by atoms with Crippen LogP contribution in [0.4, 0.5) is 19.0 Å². The van der Waals surface area contributed by atoms with E-state index in [0.717, 1.165) is 30.8 Å². The third kappa shape index (κ3) is 3.91. The van der Waals surface area contributed by atoms with Crippen molar-refractivity contribution in [3.63, 3.8) is 0 Å². The summed E-state index contributed by atoms with van der Waals surface area (Å²) in [4.78, 5) is 3.82. The summed E-state index contributed by atoms with van der Waals surface area (Å²) in [6, 6.07) is 4.66. The van der Waals surface area contributed by atoms with Crippen molar-refractivity contribution in [3.8, 4) is 0 Å². The largest absolute Gasteiger partial charge is 0.401 e. The summed E-state index contributed by atoms with van der Waals surface area (Å²) < 4.78 is 43.2. The number of hydrogen-bond acceptors (Lipinski definition) is 5. The number of rotatable bonds is 5. The van der Waals surface area contributed by atoms with Gasteiger partial charge >= 0.3 is 6.18 Å². The van der Waals surface area contributed by atoms with Crippen molar-refractivity contribution in [2.24, 2.45) is 0 Å². The van der Waals surface area contributed by atoms with Crippen LogP contribution in [0.5, 0.6) is 0 Å². The number of aryl methyl sites for hydroxylation is 1. The van der Waals surface area contributed by atoms with Crippen LogP contribution < -0.4 is 4.90 Å². The lowest BCUT2D eigenvalue weighted by Crippen LogP contribution is -2.48. The second kappa shape index (κ2) is 6.88. The molecule has 0 spiro atoms. The Morgan fingerprint density at radius 1 is 1.35 bits per heavy atom. The van der Waals surface area contributed by atoms with Crippen LogP contribution in [0.15, 0.2) is 27.4 Å². The van der Waals surface area contributed by atoms with E-state index in [9.17, 15) is 13.2 Å². The maximum atomic E-state index is 12.6. The molecule has 0 bridgehead atoms. The minimum atomic E-state index is -4.13. The zero-order valence-corrected chi connectivity index (χ0v) is 15.4. The second-order valence-electron chi connectivity index (χ2n) is 7.29. The van der Waals surface area contributed by atoms with Gasteiger partial charge in [-0.3, -0.25) is 4.90 Å². The molecular weight excluding hydrogens is 363 g/mol. The van der Waals surface area contributed by atoms with Crippen LogP contribution >= 0.6 is 11.3 Å². The summed E-state index contributed by atoms with van der Waals surface area (Å²) >= 11 is 1.70. The van der Waals surface area contributed by atoms with Crippen molar-refractivity contribution in [2.75, 3.05) is 24.5 Å². The van der Waals surface area contributed by atoms with Gasteiger partial charge in [0.2, 0.25) is 0 Å². The Balaban J connectivity index is 1.47. The highest BCUT2D eigenvalue weighted by Gasteiger charge is 2.47. The first-order chi connectivity index (χ1) is 12.4. The Hall–Kier alpha value is -1.54. The van der Waals surface area contributed by atoms with Crippen LogP contribution in [0, 0.1) is 6.92 Å². The van der Waals surface area contributed by atoms with E-state index in [-0.39, 0.29) is 6.04 Å². The number of aromatic nitrogens is 1. The van der Waals surface area contributed by atoms with E-state index < -0.39 is 12.7 Å². The molecule has 26 heavy (non-hydrogen) atoms. The molecular formula is C18H22F3N3OS. The molecule has 0 amide bonds. The zero-order chi connectivity index (χ0) is 18.3. The molecule has 1 aliphatic heterocycles. The normalized spacial score (nSPS) is 24.8. The van der Waals surface area contributed by atoms with E-state index in [2.05, 4.69) is 26.9 Å². The van der Waals surface area contributed by atoms with E-state index in [1.807, 2.05) is 13.0 Å². The summed E-state index contributed by atoms with van der Waals surface area (Å²) in [6.45, 7) is 1.98. The molecule has 4 nitrogen and oxygen atoms in total. The molecule has 0 N–H and O–H groups in total. The molecule has 8 heteroatoms. The molecule has 2 aromatic rings. The predicted molar refractivity (Wildman–Crippen MR) is 94.7 cm³/mol. The first-order valence-corrected chi connectivity index (χ1v) is 9.88. The quantitative estimate of drug-likeness (QED) is 0.762. The highest BCUT2D eigenvalue weighted by Crippen LogP contribution is 2.48. The zero-order valence-electron chi connectivity index (χ0n) is 14.6. The van der Waals surface area contributed by atoms with E-state index in [1.54, 1.807) is 11.3 Å². The van der Waals surface area contributed by atoms with Gasteiger partial charge in [-0.25, -0.2) is 0 Å². The number of alkyl halides is 3. The SMILES string of the molecule is Cc1cc(N(C2CCN(CC(F)(F)F)CC2)C2CC2c2ccsc2)no1. The molecule has 4 rings (SSSR count). The molecule has 1 saturated heterocycles. The molecule has 1 saturated carbocycles. The van der Waals surface area contributed by atoms with Crippen LogP contribution in [0.25, 0.3) is 0 Å². The van der Waals surface area contributed by atoms with Crippen LogP contribution in [0.3, 0.4) is 0 Å². The molecule has 0 aromatic carbocycles. The highest BCUT2D eigenvalue weighted by molar-refractivity contribution is 7.08. The fourth-order valence-corrected chi connectivity index (χ4v) is 4.77. The molecule has 2 aliphatic rings. The maximum Gasteiger partial charge on any atom is 0.401 e. The molecule has 142 valence electrons. The van der Waals surface area contributed by atoms with Crippen molar-refractivity contribution in [2.45, 2.75) is 50.4 Å². The average Bonchev–Trinajstić information content (AvgIpc) is 2.96. The second-order valence-corrected chi connectivity index (χ2v) is 8.07. The molecule has 2 atom stereocenters. The molecule has 2 aromatic heterocycles. The van der Waals surface area contributed by atoms with Gasteiger partial charge in [0.1, 0.15) is 5.76 Å². The Bertz CT molecular complexity index is 722. The number of thiophene rings is 1. The van der Waals surface area contributed by atoms with Gasteiger partial charge in [0.25, 0.3) is 0 Å². The number of likely N-dealkylation sites (tertiary alicyclic amines) is 1. The first-order valence-electron chi connectivity index (χ1n) is 8.93. The van der Waals surface area contributed by atoms with Crippen LogP contribution in [0.1, 0.15) is 36.5 Å². The Labute approximate surface area is 154 Å². The van der Waals surface area contributed by atoms with Crippen molar-refractivity contribution >= 4 is 17.2 Å². The van der Waals surface area contributed by atoms with Gasteiger partial charge in [0, 0.05) is 37.2 Å². The summed E-state index contributed by atoms with van der Waals surface area (Å²) in [5.41, 5.74) is 1.35. The van der Waals surface area contributed by atoms with Crippen molar-refractivity contribution < 1.29 is 17.7 Å². The van der Waals surface area contributed by atoms with Crippen molar-refractivity contribution in [1.82, 2.24) is 10.1 Å². The number of nitrogens with zero attached hydrogens (tertiary/aromatic N) is 3. The van der Waals surface area contributed by atoms with Gasteiger partial charge in [-0.1, -0.05) is 5.16 Å². The molecule has 1 aliphatic carbocycles. The Morgan fingerprint density at radius 2 is 2.12 bits per heavy atom. The maximum absolute atomic E-state index is 12.6. The van der Waals surface area contributed by atoms with Gasteiger partial charge < -0.3 is 9.42 Å². The third-order valence-corrected chi connectivity index (χ3v) is 6.02. The Kier molecular flexibility index (Phi) is 4.73. The third-order valence-electron chi connectivity index (χ3n) is 5.32. The van der Waals surface area contributed by atoms with E-state index in [0.29, 0.717) is 25.0 Å². The summed E-state index contributed by atoms with van der Waals surface area (Å²) in [6.07, 6.45) is -1.63. The van der Waals surface area contributed by atoms with E-state index in [1.165, 1.54) is 10.5 Å². The number of piperidine rings is 1. The van der Waals surface area contributed by atoms with Gasteiger partial charge in [-0.05, 0) is 48.6 Å². The lowest BCUT2D eigenvalue weighted by molar-refractivity contribution is -0.147. The van der Waals surface area contributed by atoms with Gasteiger partial charge in [0.05, 0.1) is 6.54 Å². The topological polar surface area (TPSA) is 32.5 Å². The fraction of sp³-hybridized carbons (Fsp3) is 0.611. The standard InChI is InChI=1S/C18H22F3N3OS/c1-12-8-17(22-25-12)24(16-9-15(16)13-4-7-26-10-13)14-2-5-23(6-3-14)11-18(19,20)21/h4,7-8,10,14-16H,2-3,5-6,9,11H2,1H3.